The number of alkyl halides is 1. The van der Waals surface area contributed by atoms with E-state index in [1.165, 1.54) is 4.31 Å². The number of halogens is 1. The zero-order valence-corrected chi connectivity index (χ0v) is 12.5. The van der Waals surface area contributed by atoms with Crippen LogP contribution in [0.4, 0.5) is 0 Å². The molecule has 1 unspecified atom stereocenters. The minimum atomic E-state index is -3.41. The molecule has 0 amide bonds. The number of benzene rings is 1. The largest absolute Gasteiger partial charge is 0.372 e. The fourth-order valence-corrected chi connectivity index (χ4v) is 4.14. The van der Waals surface area contributed by atoms with Crippen LogP contribution in [0.2, 0.25) is 0 Å². The summed E-state index contributed by atoms with van der Waals surface area (Å²) in [7, 11) is -3.41. The summed E-state index contributed by atoms with van der Waals surface area (Å²) < 4.78 is 32.1. The fraction of sp³-hybridized carbons (Fsp3) is 0.538. The highest BCUT2D eigenvalue weighted by Gasteiger charge is 2.36. The molecular weight excluding hydrogens is 286 g/mol. The van der Waals surface area contributed by atoms with Gasteiger partial charge in [-0.15, -0.1) is 11.6 Å². The van der Waals surface area contributed by atoms with Crippen LogP contribution in [0.5, 0.6) is 0 Å². The van der Waals surface area contributed by atoms with E-state index in [2.05, 4.69) is 0 Å². The van der Waals surface area contributed by atoms with Crippen LogP contribution < -0.4 is 0 Å². The van der Waals surface area contributed by atoms with E-state index in [0.717, 1.165) is 5.56 Å². The Bertz CT molecular complexity index is 532. The van der Waals surface area contributed by atoms with Gasteiger partial charge in [0.05, 0.1) is 11.0 Å². The van der Waals surface area contributed by atoms with Crippen molar-refractivity contribution in [2.45, 2.75) is 24.3 Å². The second-order valence-electron chi connectivity index (χ2n) is 4.39. The van der Waals surface area contributed by atoms with Crippen molar-refractivity contribution in [2.24, 2.45) is 0 Å². The molecule has 0 aromatic heterocycles. The van der Waals surface area contributed by atoms with E-state index < -0.39 is 10.0 Å². The normalized spacial score (nSPS) is 22.1. The summed E-state index contributed by atoms with van der Waals surface area (Å²) in [6.07, 6.45) is 0.446. The summed E-state index contributed by atoms with van der Waals surface area (Å²) in [6.45, 7) is 3.27. The molecule has 0 N–H and O–H groups in total. The molecule has 0 spiro atoms. The molecule has 4 nitrogen and oxygen atoms in total. The fourth-order valence-electron chi connectivity index (χ4n) is 2.29. The highest BCUT2D eigenvalue weighted by atomic mass is 35.5. The number of rotatable bonds is 5. The monoisotopic (exact) mass is 303 g/mol. The molecule has 106 valence electrons. The Kier molecular flexibility index (Phi) is 4.84. The highest BCUT2D eigenvalue weighted by molar-refractivity contribution is 7.89. The van der Waals surface area contributed by atoms with Gasteiger partial charge in [-0.05, 0) is 19.4 Å². The molecular formula is C13H18ClNO3S. The third-order valence-electron chi connectivity index (χ3n) is 3.16. The van der Waals surface area contributed by atoms with Crippen LogP contribution >= 0.6 is 11.6 Å². The minimum Gasteiger partial charge on any atom is -0.372 e. The Hall–Kier alpha value is -0.620. The maximum absolute atomic E-state index is 12.5. The van der Waals surface area contributed by atoms with Crippen LogP contribution in [-0.4, -0.2) is 38.3 Å². The topological polar surface area (TPSA) is 46.6 Å². The molecule has 1 atom stereocenters. The molecule has 0 bridgehead atoms. The molecule has 1 aliphatic rings. The lowest BCUT2D eigenvalue weighted by atomic mass is 10.1. The van der Waals surface area contributed by atoms with Crippen molar-refractivity contribution >= 4 is 21.6 Å². The first kappa shape index (κ1) is 14.8. The van der Waals surface area contributed by atoms with Crippen molar-refractivity contribution in [1.82, 2.24) is 4.31 Å². The minimum absolute atomic E-state index is 0.194. The Morgan fingerprint density at radius 2 is 2.16 bits per heavy atom. The number of nitrogens with zero attached hydrogens (tertiary/aromatic N) is 1. The lowest BCUT2D eigenvalue weighted by molar-refractivity contribution is 0.0429. The van der Waals surface area contributed by atoms with E-state index in [4.69, 9.17) is 16.3 Å². The highest BCUT2D eigenvalue weighted by Crippen LogP contribution is 2.34. The van der Waals surface area contributed by atoms with Crippen molar-refractivity contribution in [3.63, 3.8) is 0 Å². The number of hydrogen-bond donors (Lipinski definition) is 0. The van der Waals surface area contributed by atoms with E-state index in [-0.39, 0.29) is 6.10 Å². The van der Waals surface area contributed by atoms with Gasteiger partial charge in [0.15, 0.2) is 0 Å². The maximum atomic E-state index is 12.5. The summed E-state index contributed by atoms with van der Waals surface area (Å²) in [5.41, 5.74) is 0.756. The first-order valence-corrected chi connectivity index (χ1v) is 8.35. The predicted molar refractivity (Wildman–Crippen MR) is 74.9 cm³/mol. The third kappa shape index (κ3) is 2.94. The predicted octanol–water partition coefficient (Wildman–Crippen LogP) is 2.40. The SMILES string of the molecule is CCOC1CN(CCCCl)S(=O)(=O)c2ccccc21. The van der Waals surface area contributed by atoms with Gasteiger partial charge in [-0.2, -0.15) is 4.31 Å². The van der Waals surface area contributed by atoms with E-state index in [1.807, 2.05) is 19.1 Å². The van der Waals surface area contributed by atoms with Gasteiger partial charge in [-0.3, -0.25) is 0 Å². The van der Waals surface area contributed by atoms with Gasteiger partial charge in [-0.25, -0.2) is 8.42 Å². The summed E-state index contributed by atoms with van der Waals surface area (Å²) in [4.78, 5) is 0.356. The van der Waals surface area contributed by atoms with Gasteiger partial charge < -0.3 is 4.74 Å². The molecule has 1 aromatic carbocycles. The first-order valence-electron chi connectivity index (χ1n) is 6.38. The Balaban J connectivity index is 2.39. The second-order valence-corrected chi connectivity index (χ2v) is 6.67. The van der Waals surface area contributed by atoms with Gasteiger partial charge in [0.25, 0.3) is 0 Å². The number of hydrogen-bond acceptors (Lipinski definition) is 3. The van der Waals surface area contributed by atoms with Crippen LogP contribution in [0.1, 0.15) is 25.0 Å². The zero-order chi connectivity index (χ0) is 13.9. The third-order valence-corrected chi connectivity index (χ3v) is 5.37. The average molecular weight is 304 g/mol. The lowest BCUT2D eigenvalue weighted by Gasteiger charge is -2.33. The standard InChI is InChI=1S/C13H18ClNO3S/c1-2-18-12-10-15(9-5-8-14)19(16,17)13-7-4-3-6-11(12)13/h3-4,6-7,12H,2,5,8-10H2,1H3. The van der Waals surface area contributed by atoms with Gasteiger partial charge in [0.1, 0.15) is 0 Å². The molecule has 0 saturated carbocycles. The van der Waals surface area contributed by atoms with Crippen molar-refractivity contribution in [1.29, 1.82) is 0 Å². The molecule has 0 fully saturated rings. The lowest BCUT2D eigenvalue weighted by Crippen LogP contribution is -2.41. The molecule has 1 aromatic rings. The summed E-state index contributed by atoms with van der Waals surface area (Å²) in [5, 5.41) is 0. The molecule has 0 radical (unpaired) electrons. The summed E-state index contributed by atoms with van der Waals surface area (Å²) in [6, 6.07) is 7.05. The molecule has 1 aliphatic heterocycles. The van der Waals surface area contributed by atoms with Crippen molar-refractivity contribution in [3.05, 3.63) is 29.8 Å². The van der Waals surface area contributed by atoms with E-state index in [1.54, 1.807) is 12.1 Å². The van der Waals surface area contributed by atoms with Gasteiger partial charge in [0.2, 0.25) is 10.0 Å². The molecule has 6 heteroatoms. The molecule has 0 aliphatic carbocycles. The van der Waals surface area contributed by atoms with Gasteiger partial charge >= 0.3 is 0 Å². The quantitative estimate of drug-likeness (QED) is 0.785. The second kappa shape index (κ2) is 6.22. The molecule has 2 rings (SSSR count). The Morgan fingerprint density at radius 3 is 2.84 bits per heavy atom. The van der Waals surface area contributed by atoms with Gasteiger partial charge in [0, 0.05) is 31.1 Å². The Morgan fingerprint density at radius 1 is 1.42 bits per heavy atom. The average Bonchev–Trinajstić information content (AvgIpc) is 2.41. The van der Waals surface area contributed by atoms with Crippen molar-refractivity contribution < 1.29 is 13.2 Å². The van der Waals surface area contributed by atoms with Gasteiger partial charge in [-0.1, -0.05) is 18.2 Å². The van der Waals surface area contributed by atoms with E-state index in [9.17, 15) is 8.42 Å². The summed E-state index contributed by atoms with van der Waals surface area (Å²) >= 11 is 5.66. The van der Waals surface area contributed by atoms with E-state index >= 15 is 0 Å². The number of ether oxygens (including phenoxy) is 1. The smallest absolute Gasteiger partial charge is 0.243 e. The Labute approximate surface area is 119 Å². The van der Waals surface area contributed by atoms with Crippen LogP contribution in [0, 0.1) is 0 Å². The summed E-state index contributed by atoms with van der Waals surface area (Å²) in [5.74, 6) is 0.451. The zero-order valence-electron chi connectivity index (χ0n) is 10.9. The molecule has 19 heavy (non-hydrogen) atoms. The van der Waals surface area contributed by atoms with Crippen LogP contribution in [0.3, 0.4) is 0 Å². The van der Waals surface area contributed by atoms with Crippen LogP contribution in [-0.2, 0) is 14.8 Å². The van der Waals surface area contributed by atoms with E-state index in [0.29, 0.717) is 36.9 Å². The first-order chi connectivity index (χ1) is 9.11. The van der Waals surface area contributed by atoms with Crippen molar-refractivity contribution in [3.8, 4) is 0 Å². The van der Waals surface area contributed by atoms with Crippen LogP contribution in [0.25, 0.3) is 0 Å². The molecule has 1 heterocycles. The number of sulfonamides is 1. The maximum Gasteiger partial charge on any atom is 0.243 e. The van der Waals surface area contributed by atoms with Crippen LogP contribution in [0.15, 0.2) is 29.2 Å². The number of fused-ring (bicyclic) bond motifs is 1. The molecule has 0 saturated heterocycles. The van der Waals surface area contributed by atoms with Crippen molar-refractivity contribution in [2.75, 3.05) is 25.6 Å².